The molecule has 0 heteroatoms. The van der Waals surface area contributed by atoms with Gasteiger partial charge in [0.05, 0.1) is 0 Å². The van der Waals surface area contributed by atoms with E-state index >= 15 is 0 Å². The van der Waals surface area contributed by atoms with Crippen LogP contribution in [0.2, 0.25) is 0 Å². The average Bonchev–Trinajstić information content (AvgIpc) is 2.09. The van der Waals surface area contributed by atoms with E-state index in [1.807, 2.05) is 0 Å². The van der Waals surface area contributed by atoms with Crippen molar-refractivity contribution in [2.24, 2.45) is 5.92 Å². The second-order valence-electron chi connectivity index (χ2n) is 3.66. The zero-order valence-electron chi connectivity index (χ0n) is 9.22. The molecule has 0 aliphatic carbocycles. The van der Waals surface area contributed by atoms with Crippen LogP contribution in [0.25, 0.3) is 0 Å². The topological polar surface area (TPSA) is 0 Å². The average molecular weight is 178 g/mol. The summed E-state index contributed by atoms with van der Waals surface area (Å²) in [6.45, 7) is 6.62. The van der Waals surface area contributed by atoms with Crippen LogP contribution in [-0.2, 0) is 0 Å². The lowest BCUT2D eigenvalue weighted by Crippen LogP contribution is -1.80. The summed E-state index contributed by atoms with van der Waals surface area (Å²) in [5, 5.41) is 0. The van der Waals surface area contributed by atoms with Gasteiger partial charge >= 0.3 is 0 Å². The van der Waals surface area contributed by atoms with E-state index in [1.54, 1.807) is 0 Å². The molecule has 74 valence electrons. The van der Waals surface area contributed by atoms with Gasteiger partial charge in [0.15, 0.2) is 0 Å². The molecule has 0 radical (unpaired) electrons. The fourth-order valence-electron chi connectivity index (χ4n) is 0.950. The summed E-state index contributed by atoms with van der Waals surface area (Å²) in [6, 6.07) is 0. The van der Waals surface area contributed by atoms with Crippen LogP contribution in [0.3, 0.4) is 0 Å². The molecule has 13 heavy (non-hydrogen) atoms. The van der Waals surface area contributed by atoms with Gasteiger partial charge in [-0.1, -0.05) is 32.9 Å². The Kier molecular flexibility index (Phi) is 8.82. The highest BCUT2D eigenvalue weighted by Crippen LogP contribution is 2.01. The minimum Gasteiger partial charge on any atom is -0.130 e. The zero-order chi connectivity index (χ0) is 9.94. The Morgan fingerprint density at radius 2 is 1.85 bits per heavy atom. The minimum absolute atomic E-state index is 0.784. The molecule has 0 spiro atoms. The van der Waals surface area contributed by atoms with E-state index in [2.05, 4.69) is 50.8 Å². The maximum absolute atomic E-state index is 3.15. The first-order valence-corrected chi connectivity index (χ1v) is 5.31. The minimum atomic E-state index is 0.784. The first-order chi connectivity index (χ1) is 6.27. The normalized spacial score (nSPS) is 10.5. The molecule has 0 aliphatic heterocycles. The van der Waals surface area contributed by atoms with Gasteiger partial charge in [0.1, 0.15) is 0 Å². The van der Waals surface area contributed by atoms with E-state index in [9.17, 15) is 0 Å². The highest BCUT2D eigenvalue weighted by Gasteiger charge is 1.85. The summed E-state index contributed by atoms with van der Waals surface area (Å²) in [7, 11) is 0. The first kappa shape index (κ1) is 12.3. The molecule has 0 saturated heterocycles. The van der Waals surface area contributed by atoms with Crippen molar-refractivity contribution in [2.45, 2.75) is 46.5 Å². The number of hydrogen-bond donors (Lipinski definition) is 0. The monoisotopic (exact) mass is 178 g/mol. The van der Waals surface area contributed by atoms with Crippen molar-refractivity contribution in [3.8, 4) is 0 Å². The van der Waals surface area contributed by atoms with Crippen molar-refractivity contribution < 1.29 is 0 Å². The molecule has 0 rings (SSSR count). The standard InChI is InChI=1S/C13H22/c1-4-5-6-7-8-9-10-11-12-13(2)3/h5,7,10-11,13H,4,8-9,12H2,1-3H3. The van der Waals surface area contributed by atoms with E-state index < -0.39 is 0 Å². The first-order valence-electron chi connectivity index (χ1n) is 5.31. The van der Waals surface area contributed by atoms with Crippen molar-refractivity contribution in [3.63, 3.8) is 0 Å². The van der Waals surface area contributed by atoms with Crippen LogP contribution in [0.15, 0.2) is 30.0 Å². The maximum Gasteiger partial charge on any atom is -0.0240 e. The highest BCUT2D eigenvalue weighted by molar-refractivity contribution is 4.88. The molecule has 0 fully saturated rings. The van der Waals surface area contributed by atoms with E-state index in [1.165, 1.54) is 6.42 Å². The van der Waals surface area contributed by atoms with Gasteiger partial charge in [-0.15, -0.1) is 5.73 Å². The van der Waals surface area contributed by atoms with Crippen molar-refractivity contribution in [1.82, 2.24) is 0 Å². The number of hydrogen-bond acceptors (Lipinski definition) is 0. The molecule has 0 aromatic heterocycles. The fraction of sp³-hybridized carbons (Fsp3) is 0.615. The van der Waals surface area contributed by atoms with Crippen LogP contribution in [0.4, 0.5) is 0 Å². The van der Waals surface area contributed by atoms with Gasteiger partial charge in [-0.2, -0.15) is 0 Å². The predicted octanol–water partition coefficient (Wildman–Crippen LogP) is 4.49. The van der Waals surface area contributed by atoms with Crippen molar-refractivity contribution >= 4 is 0 Å². The summed E-state index contributed by atoms with van der Waals surface area (Å²) in [4.78, 5) is 0. The summed E-state index contributed by atoms with van der Waals surface area (Å²) in [5.41, 5.74) is 3.15. The Hall–Kier alpha value is -0.740. The number of allylic oxidation sites excluding steroid dienone is 3. The van der Waals surface area contributed by atoms with Crippen LogP contribution >= 0.6 is 0 Å². The maximum atomic E-state index is 3.15. The lowest BCUT2D eigenvalue weighted by molar-refractivity contribution is 0.662. The second kappa shape index (κ2) is 9.35. The van der Waals surface area contributed by atoms with E-state index in [0.29, 0.717) is 0 Å². The third kappa shape index (κ3) is 11.3. The van der Waals surface area contributed by atoms with Gasteiger partial charge < -0.3 is 0 Å². The Morgan fingerprint density at radius 1 is 1.08 bits per heavy atom. The van der Waals surface area contributed by atoms with Crippen LogP contribution in [0, 0.1) is 5.92 Å². The fourth-order valence-corrected chi connectivity index (χ4v) is 0.950. The van der Waals surface area contributed by atoms with Gasteiger partial charge in [-0.3, -0.25) is 0 Å². The molecule has 0 unspecified atom stereocenters. The Labute approximate surface area is 83.0 Å². The van der Waals surface area contributed by atoms with Gasteiger partial charge in [0.25, 0.3) is 0 Å². The lowest BCUT2D eigenvalue weighted by atomic mass is 10.1. The molecule has 0 saturated carbocycles. The van der Waals surface area contributed by atoms with Gasteiger partial charge in [0, 0.05) is 0 Å². The Balaban J connectivity index is 3.35. The third-order valence-electron chi connectivity index (χ3n) is 1.69. The molecular weight excluding hydrogens is 156 g/mol. The van der Waals surface area contributed by atoms with Crippen molar-refractivity contribution in [1.29, 1.82) is 0 Å². The summed E-state index contributed by atoms with van der Waals surface area (Å²) in [5.74, 6) is 0.784. The Bertz CT molecular complexity index is 178. The SMILES string of the molecule is CCC=C=CCCC=CCC(C)C. The molecule has 0 amide bonds. The second-order valence-corrected chi connectivity index (χ2v) is 3.66. The third-order valence-corrected chi connectivity index (χ3v) is 1.69. The molecule has 0 N–H and O–H groups in total. The van der Waals surface area contributed by atoms with Gasteiger partial charge in [-0.25, -0.2) is 0 Å². The quantitative estimate of drug-likeness (QED) is 0.319. The molecule has 0 aliphatic rings. The van der Waals surface area contributed by atoms with Crippen LogP contribution in [-0.4, -0.2) is 0 Å². The molecule has 0 aromatic rings. The van der Waals surface area contributed by atoms with Crippen molar-refractivity contribution in [2.75, 3.05) is 0 Å². The molecule has 0 bridgehead atoms. The van der Waals surface area contributed by atoms with Gasteiger partial charge in [-0.05, 0) is 43.8 Å². The van der Waals surface area contributed by atoms with Gasteiger partial charge in [0.2, 0.25) is 0 Å². The molecule has 0 heterocycles. The Morgan fingerprint density at radius 3 is 2.46 bits per heavy atom. The van der Waals surface area contributed by atoms with E-state index in [0.717, 1.165) is 25.2 Å². The van der Waals surface area contributed by atoms with E-state index in [-0.39, 0.29) is 0 Å². The summed E-state index contributed by atoms with van der Waals surface area (Å²) < 4.78 is 0. The van der Waals surface area contributed by atoms with Crippen LogP contribution in [0.5, 0.6) is 0 Å². The summed E-state index contributed by atoms with van der Waals surface area (Å²) >= 11 is 0. The predicted molar refractivity (Wildman–Crippen MR) is 60.8 cm³/mol. The number of rotatable bonds is 6. The van der Waals surface area contributed by atoms with Crippen LogP contribution < -0.4 is 0 Å². The summed E-state index contributed by atoms with van der Waals surface area (Å²) in [6.07, 6.45) is 13.3. The molecule has 0 nitrogen and oxygen atoms in total. The van der Waals surface area contributed by atoms with E-state index in [4.69, 9.17) is 0 Å². The molecular formula is C13H22. The zero-order valence-corrected chi connectivity index (χ0v) is 9.22. The lowest BCUT2D eigenvalue weighted by Gasteiger charge is -1.95. The van der Waals surface area contributed by atoms with Crippen LogP contribution in [0.1, 0.15) is 46.5 Å². The smallest absolute Gasteiger partial charge is 0.0240 e. The molecule has 0 atom stereocenters. The van der Waals surface area contributed by atoms with Crippen molar-refractivity contribution in [3.05, 3.63) is 30.0 Å². The largest absolute Gasteiger partial charge is 0.130 e. The highest BCUT2D eigenvalue weighted by atomic mass is 13.9. The number of unbranched alkanes of at least 4 members (excludes halogenated alkanes) is 1. The molecule has 0 aromatic carbocycles.